The lowest BCUT2D eigenvalue weighted by Crippen LogP contribution is -2.41. The molecule has 0 atom stereocenters. The van der Waals surface area contributed by atoms with Crippen LogP contribution >= 0.6 is 0 Å². The maximum atomic E-state index is 12.0. The predicted octanol–water partition coefficient (Wildman–Crippen LogP) is 2.65. The van der Waals surface area contributed by atoms with E-state index in [0.717, 1.165) is 0 Å². The average molecular weight is 326 g/mol. The average Bonchev–Trinajstić information content (AvgIpc) is 2.31. The van der Waals surface area contributed by atoms with E-state index in [-0.39, 0.29) is 17.6 Å². The molecule has 0 aromatic heterocycles. The molecule has 1 aliphatic rings. The molecule has 1 aliphatic carbocycles. The first kappa shape index (κ1) is 17.0. The highest BCUT2D eigenvalue weighted by atomic mass is 32.2. The second-order valence-corrected chi connectivity index (χ2v) is 8.20. The molecule has 0 heterocycles. The first-order valence-electron chi connectivity index (χ1n) is 7.32. The highest BCUT2D eigenvalue weighted by molar-refractivity contribution is 7.85. The summed E-state index contributed by atoms with van der Waals surface area (Å²) in [5.74, 6) is -0.703. The van der Waals surface area contributed by atoms with Crippen LogP contribution in [0.15, 0.2) is 30.3 Å². The maximum Gasteiger partial charge on any atom is 0.309 e. The number of carbonyl (C=O) groups is 1. The van der Waals surface area contributed by atoms with Crippen molar-refractivity contribution in [2.45, 2.75) is 51.1 Å². The van der Waals surface area contributed by atoms with Crippen molar-refractivity contribution in [2.24, 2.45) is 5.92 Å². The van der Waals surface area contributed by atoms with E-state index in [2.05, 4.69) is 0 Å². The number of carbonyl (C=O) groups excluding carboxylic acids is 1. The van der Waals surface area contributed by atoms with Gasteiger partial charge in [-0.25, -0.2) is 0 Å². The maximum absolute atomic E-state index is 12.0. The third-order valence-corrected chi connectivity index (χ3v) is 4.56. The second-order valence-electron chi connectivity index (χ2n) is 6.61. The van der Waals surface area contributed by atoms with Gasteiger partial charge in [0.05, 0.1) is 12.0 Å². The molecule has 0 amide bonds. The monoisotopic (exact) mass is 326 g/mol. The Morgan fingerprint density at radius 1 is 1.18 bits per heavy atom. The topological polar surface area (TPSA) is 69.7 Å². The normalized spacial score (nSPS) is 22.0. The molecule has 0 N–H and O–H groups in total. The number of rotatable bonds is 5. The molecular formula is C16H22O5S. The summed E-state index contributed by atoms with van der Waals surface area (Å²) in [4.78, 5) is 11.8. The van der Waals surface area contributed by atoms with E-state index in [9.17, 15) is 13.2 Å². The highest BCUT2D eigenvalue weighted by Gasteiger charge is 2.40. The Labute approximate surface area is 131 Å². The summed E-state index contributed by atoms with van der Waals surface area (Å²) >= 11 is 0. The molecule has 1 fully saturated rings. The van der Waals surface area contributed by atoms with Crippen molar-refractivity contribution in [3.8, 4) is 0 Å². The van der Waals surface area contributed by atoms with Gasteiger partial charge >= 0.3 is 5.97 Å². The van der Waals surface area contributed by atoms with Gasteiger partial charge in [-0.05, 0) is 39.2 Å². The Bertz CT molecular complexity index is 610. The van der Waals surface area contributed by atoms with Crippen LogP contribution in [0, 0.1) is 5.92 Å². The molecule has 6 heteroatoms. The number of esters is 1. The van der Waals surface area contributed by atoms with Crippen molar-refractivity contribution in [3.05, 3.63) is 35.9 Å². The third kappa shape index (κ3) is 5.10. The van der Waals surface area contributed by atoms with E-state index in [1.165, 1.54) is 0 Å². The van der Waals surface area contributed by atoms with Crippen LogP contribution in [0.1, 0.15) is 39.2 Å². The first-order chi connectivity index (χ1) is 10.1. The second kappa shape index (κ2) is 6.38. The summed E-state index contributed by atoms with van der Waals surface area (Å²) in [7, 11) is -3.63. The van der Waals surface area contributed by atoms with Gasteiger partial charge in [0.15, 0.2) is 0 Å². The molecular weight excluding hydrogens is 304 g/mol. The van der Waals surface area contributed by atoms with Crippen molar-refractivity contribution in [3.63, 3.8) is 0 Å². The zero-order valence-corrected chi connectivity index (χ0v) is 13.9. The summed E-state index contributed by atoms with van der Waals surface area (Å²) in [6.07, 6.45) is 0.359. The van der Waals surface area contributed by atoms with Gasteiger partial charge in [-0.1, -0.05) is 30.3 Å². The van der Waals surface area contributed by atoms with Crippen molar-refractivity contribution >= 4 is 16.1 Å². The smallest absolute Gasteiger partial charge is 0.309 e. The van der Waals surface area contributed by atoms with Crippen LogP contribution in [-0.2, 0) is 29.6 Å². The van der Waals surface area contributed by atoms with Crippen LogP contribution in [0.2, 0.25) is 0 Å². The Morgan fingerprint density at radius 2 is 1.77 bits per heavy atom. The Kier molecular flexibility index (Phi) is 4.92. The third-order valence-electron chi connectivity index (χ3n) is 3.30. The predicted molar refractivity (Wildman–Crippen MR) is 82.5 cm³/mol. The number of hydrogen-bond donors (Lipinski definition) is 0. The number of hydrogen-bond acceptors (Lipinski definition) is 5. The molecule has 5 nitrogen and oxygen atoms in total. The molecule has 0 unspecified atom stereocenters. The summed E-state index contributed by atoms with van der Waals surface area (Å²) in [6, 6.07) is 8.88. The fourth-order valence-corrected chi connectivity index (χ4v) is 3.48. The lowest BCUT2D eigenvalue weighted by molar-refractivity contribution is -0.166. The van der Waals surface area contributed by atoms with Crippen LogP contribution < -0.4 is 0 Å². The van der Waals surface area contributed by atoms with Crippen LogP contribution in [0.25, 0.3) is 0 Å². The molecule has 0 radical (unpaired) electrons. The molecule has 0 saturated heterocycles. The van der Waals surface area contributed by atoms with Gasteiger partial charge in [-0.15, -0.1) is 0 Å². The zero-order chi connectivity index (χ0) is 16.4. The molecule has 0 spiro atoms. The van der Waals surface area contributed by atoms with Gasteiger partial charge in [0.1, 0.15) is 11.4 Å². The van der Waals surface area contributed by atoms with E-state index in [0.29, 0.717) is 18.4 Å². The van der Waals surface area contributed by atoms with Crippen molar-refractivity contribution in [2.75, 3.05) is 0 Å². The Morgan fingerprint density at radius 3 is 2.32 bits per heavy atom. The van der Waals surface area contributed by atoms with Crippen LogP contribution in [-0.4, -0.2) is 26.1 Å². The standard InChI is InChI=1S/C16H22O5S/c1-16(2,3)20-15(17)13-9-14(10-13)21-22(18,19)11-12-7-5-4-6-8-12/h4-8,13-14H,9-11H2,1-3H3. The summed E-state index contributed by atoms with van der Waals surface area (Å²) in [6.45, 7) is 5.42. The minimum Gasteiger partial charge on any atom is -0.460 e. The van der Waals surface area contributed by atoms with Crippen molar-refractivity contribution < 1.29 is 22.1 Å². The minimum atomic E-state index is -3.63. The molecule has 1 saturated carbocycles. The molecule has 1 aromatic carbocycles. The molecule has 0 aliphatic heterocycles. The van der Waals surface area contributed by atoms with Crippen molar-refractivity contribution in [1.29, 1.82) is 0 Å². The summed E-state index contributed by atoms with van der Waals surface area (Å²) in [5, 5.41) is 0. The van der Waals surface area contributed by atoms with Gasteiger partial charge < -0.3 is 4.74 Å². The van der Waals surface area contributed by atoms with E-state index in [1.54, 1.807) is 24.3 Å². The van der Waals surface area contributed by atoms with E-state index in [1.807, 2.05) is 26.8 Å². The highest BCUT2D eigenvalue weighted by Crippen LogP contribution is 2.33. The van der Waals surface area contributed by atoms with E-state index < -0.39 is 21.8 Å². The minimum absolute atomic E-state index is 0.151. The van der Waals surface area contributed by atoms with Crippen LogP contribution in [0.4, 0.5) is 0 Å². The quantitative estimate of drug-likeness (QED) is 0.614. The number of ether oxygens (including phenoxy) is 1. The van der Waals surface area contributed by atoms with Gasteiger partial charge in [0.25, 0.3) is 10.1 Å². The van der Waals surface area contributed by atoms with Crippen LogP contribution in [0.5, 0.6) is 0 Å². The lowest BCUT2D eigenvalue weighted by atomic mass is 9.82. The Balaban J connectivity index is 1.81. The number of benzene rings is 1. The summed E-state index contributed by atoms with van der Waals surface area (Å²) in [5.41, 5.74) is 0.160. The molecule has 22 heavy (non-hydrogen) atoms. The lowest BCUT2D eigenvalue weighted by Gasteiger charge is -2.34. The largest absolute Gasteiger partial charge is 0.460 e. The molecule has 0 bridgehead atoms. The zero-order valence-electron chi connectivity index (χ0n) is 13.1. The fourth-order valence-electron chi connectivity index (χ4n) is 2.24. The van der Waals surface area contributed by atoms with Gasteiger partial charge in [-0.2, -0.15) is 8.42 Å². The Hall–Kier alpha value is -1.40. The first-order valence-corrected chi connectivity index (χ1v) is 8.90. The summed E-state index contributed by atoms with van der Waals surface area (Å²) < 4.78 is 34.4. The molecule has 2 rings (SSSR count). The molecule has 122 valence electrons. The fraction of sp³-hybridized carbons (Fsp3) is 0.562. The van der Waals surface area contributed by atoms with E-state index in [4.69, 9.17) is 8.92 Å². The van der Waals surface area contributed by atoms with Crippen molar-refractivity contribution in [1.82, 2.24) is 0 Å². The van der Waals surface area contributed by atoms with Gasteiger partial charge in [0.2, 0.25) is 0 Å². The van der Waals surface area contributed by atoms with Gasteiger partial charge in [0, 0.05) is 0 Å². The SMILES string of the molecule is CC(C)(C)OC(=O)C1CC(OS(=O)(=O)Cc2ccccc2)C1. The van der Waals surface area contributed by atoms with Crippen LogP contribution in [0.3, 0.4) is 0 Å². The van der Waals surface area contributed by atoms with E-state index >= 15 is 0 Å². The molecule has 1 aromatic rings. The van der Waals surface area contributed by atoms with Gasteiger partial charge in [-0.3, -0.25) is 8.98 Å².